The van der Waals surface area contributed by atoms with Gasteiger partial charge in [0.15, 0.2) is 6.61 Å². The molecule has 0 atom stereocenters. The summed E-state index contributed by atoms with van der Waals surface area (Å²) in [7, 11) is -6.98. The molecule has 2 N–H and O–H groups in total. The van der Waals surface area contributed by atoms with Crippen molar-refractivity contribution in [3.05, 3.63) is 51.7 Å². The van der Waals surface area contributed by atoms with Gasteiger partial charge in [-0.05, 0) is 30.7 Å². The molecule has 1 aliphatic rings. The Balaban J connectivity index is 1.50. The van der Waals surface area contributed by atoms with Gasteiger partial charge in [0.2, 0.25) is 15.8 Å². The number of Topliss-reactive ketones (excluding diaryl/α,β-unsaturated/α-hetero) is 1. The van der Waals surface area contributed by atoms with Gasteiger partial charge in [0.05, 0.1) is 16.0 Å². The predicted molar refractivity (Wildman–Crippen MR) is 114 cm³/mol. The Kier molecular flexibility index (Phi) is 6.89. The molecule has 0 aliphatic carbocycles. The molecule has 2 heterocycles. The van der Waals surface area contributed by atoms with Crippen molar-refractivity contribution in [3.63, 3.8) is 0 Å². The van der Waals surface area contributed by atoms with Crippen molar-refractivity contribution < 1.29 is 31.2 Å². The number of rotatable bonds is 9. The highest BCUT2D eigenvalue weighted by Gasteiger charge is 2.30. The van der Waals surface area contributed by atoms with Crippen molar-refractivity contribution in [2.45, 2.75) is 11.3 Å². The third-order valence-electron chi connectivity index (χ3n) is 4.07. The third kappa shape index (κ3) is 6.19. The summed E-state index contributed by atoms with van der Waals surface area (Å²) in [6.07, 6.45) is 1.50. The van der Waals surface area contributed by atoms with Crippen LogP contribution in [0.15, 0.2) is 46.3 Å². The Morgan fingerprint density at radius 3 is 2.68 bits per heavy atom. The lowest BCUT2D eigenvalue weighted by atomic mass is 10.2. The Hall–Kier alpha value is -2.61. The van der Waals surface area contributed by atoms with Gasteiger partial charge in [-0.15, -0.1) is 11.3 Å². The van der Waals surface area contributed by atoms with E-state index in [0.29, 0.717) is 16.9 Å². The predicted octanol–water partition coefficient (Wildman–Crippen LogP) is 0.304. The summed E-state index contributed by atoms with van der Waals surface area (Å²) in [5, 5.41) is 0. The first-order chi connectivity index (χ1) is 14.5. The monoisotopic (exact) mass is 485 g/mol. The molecule has 0 bridgehead atoms. The van der Waals surface area contributed by atoms with E-state index in [1.165, 1.54) is 17.4 Å². The lowest BCUT2D eigenvalue weighted by Crippen LogP contribution is -2.24. The van der Waals surface area contributed by atoms with Crippen LogP contribution in [0.5, 0.6) is 0 Å². The van der Waals surface area contributed by atoms with Crippen LogP contribution in [0.2, 0.25) is 0 Å². The molecule has 3 rings (SSSR count). The molecule has 0 radical (unpaired) electrons. The number of benzene rings is 1. The highest BCUT2D eigenvalue weighted by molar-refractivity contribution is 7.90. The number of hydrogen-bond acceptors (Lipinski definition) is 9. The van der Waals surface area contributed by atoms with Gasteiger partial charge in [0.1, 0.15) is 12.4 Å². The largest absolute Gasteiger partial charge is 0.456 e. The number of amidine groups is 1. The lowest BCUT2D eigenvalue weighted by molar-refractivity contribution is -0.140. The van der Waals surface area contributed by atoms with Crippen LogP contribution in [0, 0.1) is 0 Å². The van der Waals surface area contributed by atoms with E-state index >= 15 is 0 Å². The van der Waals surface area contributed by atoms with E-state index in [-0.39, 0.29) is 17.3 Å². The summed E-state index contributed by atoms with van der Waals surface area (Å²) in [6, 6.07) is 9.53. The molecule has 10 nitrogen and oxygen atoms in total. The Bertz CT molecular complexity index is 1250. The van der Waals surface area contributed by atoms with Crippen LogP contribution >= 0.6 is 11.3 Å². The molecule has 31 heavy (non-hydrogen) atoms. The minimum atomic E-state index is -3.70. The second-order valence-corrected chi connectivity index (χ2v) is 11.2. The molecule has 0 spiro atoms. The minimum absolute atomic E-state index is 0.0458. The third-order valence-corrected chi connectivity index (χ3v) is 7.38. The maximum Gasteiger partial charge on any atom is 0.328 e. The Morgan fingerprint density at radius 2 is 1.94 bits per heavy atom. The number of aliphatic imine (C=N–C) groups is 1. The van der Waals surface area contributed by atoms with Crippen molar-refractivity contribution in [1.29, 1.82) is 0 Å². The van der Waals surface area contributed by atoms with Crippen LogP contribution in [0.1, 0.15) is 20.1 Å². The van der Waals surface area contributed by atoms with Crippen LogP contribution in [-0.4, -0.2) is 60.4 Å². The SMILES string of the molecule is CS(=O)(=O)NCCc1ccc(C(=O)COC(=O)CN=C2NS(=O)(=O)c3ccccc32)s1. The van der Waals surface area contributed by atoms with Crippen LogP contribution < -0.4 is 9.44 Å². The molecule has 1 aliphatic heterocycles. The quantitative estimate of drug-likeness (QED) is 0.383. The average molecular weight is 486 g/mol. The molecular formula is C18H19N3O7S3. The zero-order chi connectivity index (χ0) is 22.6. The van der Waals surface area contributed by atoms with Crippen molar-refractivity contribution in [3.8, 4) is 0 Å². The van der Waals surface area contributed by atoms with E-state index in [9.17, 15) is 26.4 Å². The van der Waals surface area contributed by atoms with Gasteiger partial charge in [-0.3, -0.25) is 19.3 Å². The molecule has 1 aromatic carbocycles. The summed E-state index contributed by atoms with van der Waals surface area (Å²) in [6.45, 7) is -0.713. The van der Waals surface area contributed by atoms with Crippen molar-refractivity contribution in [1.82, 2.24) is 9.44 Å². The maximum absolute atomic E-state index is 12.2. The van der Waals surface area contributed by atoms with Crippen LogP contribution in [0.4, 0.5) is 0 Å². The molecule has 13 heteroatoms. The summed E-state index contributed by atoms with van der Waals surface area (Å²) >= 11 is 1.19. The topological polar surface area (TPSA) is 148 Å². The van der Waals surface area contributed by atoms with E-state index in [2.05, 4.69) is 14.4 Å². The molecule has 166 valence electrons. The molecule has 1 aromatic heterocycles. The van der Waals surface area contributed by atoms with Gasteiger partial charge < -0.3 is 4.74 Å². The Morgan fingerprint density at radius 1 is 1.19 bits per heavy atom. The molecule has 2 aromatic rings. The normalized spacial score (nSPS) is 16.0. The first kappa shape index (κ1) is 23.1. The molecular weight excluding hydrogens is 466 g/mol. The number of ether oxygens (including phenoxy) is 1. The highest BCUT2D eigenvalue weighted by atomic mass is 32.2. The second-order valence-electron chi connectivity index (χ2n) is 6.53. The van der Waals surface area contributed by atoms with Crippen LogP contribution in [0.25, 0.3) is 0 Å². The molecule has 0 unspecified atom stereocenters. The number of esters is 1. The van der Waals surface area contributed by atoms with E-state index in [1.807, 2.05) is 0 Å². The Labute approximate surface area is 183 Å². The number of hydrogen-bond donors (Lipinski definition) is 2. The average Bonchev–Trinajstić information content (AvgIpc) is 3.26. The number of thiophene rings is 1. The number of sulfonamides is 2. The molecule has 0 amide bonds. The summed E-state index contributed by atoms with van der Waals surface area (Å²) < 4.78 is 55.7. The van der Waals surface area contributed by atoms with Gasteiger partial charge in [-0.2, -0.15) is 0 Å². The van der Waals surface area contributed by atoms with Gasteiger partial charge in [-0.1, -0.05) is 12.1 Å². The van der Waals surface area contributed by atoms with E-state index in [4.69, 9.17) is 4.74 Å². The first-order valence-corrected chi connectivity index (χ1v) is 13.1. The molecule has 0 saturated heterocycles. The van der Waals surface area contributed by atoms with Crippen molar-refractivity contribution in [2.24, 2.45) is 4.99 Å². The maximum atomic E-state index is 12.2. The number of ketones is 1. The number of carbonyl (C=O) groups is 2. The van der Waals surface area contributed by atoms with E-state index in [1.54, 1.807) is 30.3 Å². The van der Waals surface area contributed by atoms with E-state index in [0.717, 1.165) is 11.1 Å². The summed E-state index contributed by atoms with van der Waals surface area (Å²) in [4.78, 5) is 29.4. The van der Waals surface area contributed by atoms with Gasteiger partial charge in [0.25, 0.3) is 10.0 Å². The van der Waals surface area contributed by atoms with Gasteiger partial charge in [0, 0.05) is 17.0 Å². The highest BCUT2D eigenvalue weighted by Crippen LogP contribution is 2.22. The van der Waals surface area contributed by atoms with Gasteiger partial charge in [-0.25, -0.2) is 21.6 Å². The van der Waals surface area contributed by atoms with Crippen LogP contribution in [-0.2, 0) is 36.0 Å². The summed E-state index contributed by atoms with van der Waals surface area (Å²) in [5.41, 5.74) is 0.364. The number of carbonyl (C=O) groups excluding carboxylic acids is 2. The zero-order valence-electron chi connectivity index (χ0n) is 16.3. The first-order valence-electron chi connectivity index (χ1n) is 8.94. The van der Waals surface area contributed by atoms with E-state index < -0.39 is 45.0 Å². The number of nitrogens with one attached hydrogen (secondary N) is 2. The van der Waals surface area contributed by atoms with Crippen LogP contribution in [0.3, 0.4) is 0 Å². The summed E-state index contributed by atoms with van der Waals surface area (Å²) in [5.74, 6) is -1.14. The fraction of sp³-hybridized carbons (Fsp3) is 0.278. The minimum Gasteiger partial charge on any atom is -0.456 e. The van der Waals surface area contributed by atoms with Crippen molar-refractivity contribution in [2.75, 3.05) is 26.0 Å². The molecule has 0 fully saturated rings. The standard InChI is InChI=1S/C18H19N3O7S3/c1-30(24,25)20-9-8-12-6-7-15(29-12)14(22)11-28-17(23)10-19-18-13-4-2-3-5-16(13)31(26,27)21-18/h2-7,20H,8-11H2,1H3,(H,19,21). The zero-order valence-corrected chi connectivity index (χ0v) is 18.8. The van der Waals surface area contributed by atoms with Crippen molar-refractivity contribution >= 4 is 49.0 Å². The second kappa shape index (κ2) is 9.26. The number of fused-ring (bicyclic) bond motifs is 1. The fourth-order valence-corrected chi connectivity index (χ4v) is 5.33. The lowest BCUT2D eigenvalue weighted by Gasteiger charge is -2.02. The fourth-order valence-electron chi connectivity index (χ4n) is 2.68. The smallest absolute Gasteiger partial charge is 0.328 e. The number of nitrogens with zero attached hydrogens (tertiary/aromatic N) is 1. The molecule has 0 saturated carbocycles. The van der Waals surface area contributed by atoms with Gasteiger partial charge >= 0.3 is 5.97 Å².